The van der Waals surface area contributed by atoms with E-state index in [4.69, 9.17) is 21.1 Å². The summed E-state index contributed by atoms with van der Waals surface area (Å²) in [5, 5.41) is 0.586. The fourth-order valence-electron chi connectivity index (χ4n) is 3.10. The molecule has 0 saturated heterocycles. The number of esters is 1. The van der Waals surface area contributed by atoms with E-state index in [2.05, 4.69) is 6.92 Å². The van der Waals surface area contributed by atoms with Gasteiger partial charge in [-0.2, -0.15) is 0 Å². The molecular formula is C28H27ClO4. The number of hydrogen-bond acceptors (Lipinski definition) is 4. The lowest BCUT2D eigenvalue weighted by Crippen LogP contribution is -2.08. The fourth-order valence-corrected chi connectivity index (χ4v) is 3.23. The van der Waals surface area contributed by atoms with Gasteiger partial charge in [0.05, 0.1) is 12.2 Å². The van der Waals surface area contributed by atoms with Crippen molar-refractivity contribution in [2.75, 3.05) is 6.61 Å². The summed E-state index contributed by atoms with van der Waals surface area (Å²) in [6.07, 6.45) is 7.81. The molecule has 3 rings (SSSR count). The van der Waals surface area contributed by atoms with Crippen molar-refractivity contribution in [3.05, 3.63) is 101 Å². The van der Waals surface area contributed by atoms with E-state index in [0.29, 0.717) is 28.5 Å². The molecule has 0 unspecified atom stereocenters. The second kappa shape index (κ2) is 12.6. The highest BCUT2D eigenvalue weighted by atomic mass is 35.5. The van der Waals surface area contributed by atoms with Crippen molar-refractivity contribution in [3.63, 3.8) is 0 Å². The molecule has 0 aliphatic heterocycles. The van der Waals surface area contributed by atoms with Gasteiger partial charge in [-0.1, -0.05) is 56.0 Å². The molecule has 0 aromatic heterocycles. The van der Waals surface area contributed by atoms with E-state index in [9.17, 15) is 9.59 Å². The number of allylic oxidation sites excluding steroid dienone is 1. The molecule has 33 heavy (non-hydrogen) atoms. The van der Waals surface area contributed by atoms with Crippen molar-refractivity contribution in [1.82, 2.24) is 0 Å². The number of benzene rings is 3. The van der Waals surface area contributed by atoms with Crippen LogP contribution in [0.25, 0.3) is 6.08 Å². The Balaban J connectivity index is 1.50. The minimum Gasteiger partial charge on any atom is -0.494 e. The molecule has 0 bridgehead atoms. The Morgan fingerprint density at radius 2 is 1.42 bits per heavy atom. The molecule has 0 radical (unpaired) electrons. The molecule has 0 aliphatic rings. The van der Waals surface area contributed by atoms with Gasteiger partial charge in [0, 0.05) is 10.6 Å². The van der Waals surface area contributed by atoms with Crippen molar-refractivity contribution < 1.29 is 19.1 Å². The van der Waals surface area contributed by atoms with Crippen molar-refractivity contribution in [1.29, 1.82) is 0 Å². The molecule has 0 saturated carbocycles. The zero-order valence-electron chi connectivity index (χ0n) is 18.6. The Labute approximate surface area is 199 Å². The van der Waals surface area contributed by atoms with Crippen LogP contribution in [0.1, 0.15) is 58.9 Å². The molecule has 3 aromatic rings. The van der Waals surface area contributed by atoms with E-state index in [0.717, 1.165) is 24.2 Å². The lowest BCUT2D eigenvalue weighted by atomic mass is 10.1. The number of carbonyl (C=O) groups excluding carboxylic acids is 2. The molecule has 0 aliphatic carbocycles. The van der Waals surface area contributed by atoms with E-state index >= 15 is 0 Å². The molecule has 0 N–H and O–H groups in total. The maximum absolute atomic E-state index is 12.4. The van der Waals surface area contributed by atoms with Gasteiger partial charge in [-0.05, 0) is 78.7 Å². The van der Waals surface area contributed by atoms with E-state index in [1.165, 1.54) is 18.9 Å². The molecule has 3 aromatic carbocycles. The molecule has 4 nitrogen and oxygen atoms in total. The van der Waals surface area contributed by atoms with Crippen LogP contribution < -0.4 is 9.47 Å². The quantitative estimate of drug-likeness (QED) is 0.0978. The Bertz CT molecular complexity index is 1070. The predicted octanol–water partition coefficient (Wildman–Crippen LogP) is 7.41. The van der Waals surface area contributed by atoms with Gasteiger partial charge in [0.15, 0.2) is 5.78 Å². The van der Waals surface area contributed by atoms with E-state index < -0.39 is 5.97 Å². The summed E-state index contributed by atoms with van der Waals surface area (Å²) >= 11 is 5.85. The van der Waals surface area contributed by atoms with Gasteiger partial charge in [-0.15, -0.1) is 0 Å². The van der Waals surface area contributed by atoms with Crippen molar-refractivity contribution in [2.45, 2.75) is 32.6 Å². The number of carbonyl (C=O) groups is 2. The van der Waals surface area contributed by atoms with E-state index in [1.54, 1.807) is 78.9 Å². The van der Waals surface area contributed by atoms with Gasteiger partial charge in [0.1, 0.15) is 11.5 Å². The normalized spacial score (nSPS) is 10.8. The van der Waals surface area contributed by atoms with Crippen LogP contribution in [0, 0.1) is 0 Å². The average molecular weight is 463 g/mol. The van der Waals surface area contributed by atoms with Crippen LogP contribution in [0.15, 0.2) is 78.9 Å². The number of rotatable bonds is 11. The second-order valence-corrected chi connectivity index (χ2v) is 8.03. The molecule has 0 heterocycles. The first-order chi connectivity index (χ1) is 16.0. The predicted molar refractivity (Wildman–Crippen MR) is 132 cm³/mol. The van der Waals surface area contributed by atoms with Gasteiger partial charge in [-0.3, -0.25) is 4.79 Å². The first-order valence-electron chi connectivity index (χ1n) is 11.1. The van der Waals surface area contributed by atoms with E-state index in [1.807, 2.05) is 0 Å². The smallest absolute Gasteiger partial charge is 0.343 e. The maximum Gasteiger partial charge on any atom is 0.343 e. The number of hydrogen-bond donors (Lipinski definition) is 0. The number of halogens is 1. The fraction of sp³-hybridized carbons (Fsp3) is 0.214. The zero-order valence-corrected chi connectivity index (χ0v) is 19.4. The Hall–Kier alpha value is -3.37. The van der Waals surface area contributed by atoms with Crippen LogP contribution in [0.3, 0.4) is 0 Å². The highest BCUT2D eigenvalue weighted by Gasteiger charge is 2.09. The highest BCUT2D eigenvalue weighted by molar-refractivity contribution is 6.30. The molecule has 5 heteroatoms. The van der Waals surface area contributed by atoms with Gasteiger partial charge >= 0.3 is 5.97 Å². The van der Waals surface area contributed by atoms with Gasteiger partial charge in [-0.25, -0.2) is 4.79 Å². The van der Waals surface area contributed by atoms with E-state index in [-0.39, 0.29) is 5.78 Å². The molecule has 0 spiro atoms. The van der Waals surface area contributed by atoms with Gasteiger partial charge in [0.25, 0.3) is 0 Å². The molecule has 170 valence electrons. The standard InChI is InChI=1S/C28H27ClO4/c1-2-3-4-5-20-32-25-17-11-23(12-18-25)28(31)33-26-15-6-21(7-16-26)8-19-27(30)22-9-13-24(29)14-10-22/h6-19H,2-5,20H2,1H3/b19-8+. The van der Waals surface area contributed by atoms with Crippen LogP contribution in [0.5, 0.6) is 11.5 Å². The zero-order chi connectivity index (χ0) is 23.5. The lowest BCUT2D eigenvalue weighted by molar-refractivity contribution is 0.0734. The highest BCUT2D eigenvalue weighted by Crippen LogP contribution is 2.18. The summed E-state index contributed by atoms with van der Waals surface area (Å²) in [7, 11) is 0. The van der Waals surface area contributed by atoms with Crippen LogP contribution in [-0.4, -0.2) is 18.4 Å². The van der Waals surface area contributed by atoms with Gasteiger partial charge in [0.2, 0.25) is 0 Å². The monoisotopic (exact) mass is 462 g/mol. The third-order valence-corrected chi connectivity index (χ3v) is 5.26. The summed E-state index contributed by atoms with van der Waals surface area (Å²) in [4.78, 5) is 24.6. The number of ketones is 1. The second-order valence-electron chi connectivity index (χ2n) is 7.60. The number of ether oxygens (including phenoxy) is 2. The first kappa shape index (κ1) is 24.3. The molecule has 0 fully saturated rings. The molecular weight excluding hydrogens is 436 g/mol. The first-order valence-corrected chi connectivity index (χ1v) is 11.5. The minimum absolute atomic E-state index is 0.115. The lowest BCUT2D eigenvalue weighted by Gasteiger charge is -2.08. The van der Waals surface area contributed by atoms with Crippen LogP contribution >= 0.6 is 11.6 Å². The van der Waals surface area contributed by atoms with Crippen LogP contribution in [0.2, 0.25) is 5.02 Å². The SMILES string of the molecule is CCCCCCOc1ccc(C(=O)Oc2ccc(/C=C/C(=O)c3ccc(Cl)cc3)cc2)cc1. The van der Waals surface area contributed by atoms with Crippen molar-refractivity contribution in [2.24, 2.45) is 0 Å². The Kier molecular flexibility index (Phi) is 9.28. The van der Waals surface area contributed by atoms with Gasteiger partial charge < -0.3 is 9.47 Å². The average Bonchev–Trinajstić information content (AvgIpc) is 2.84. The molecule has 0 amide bonds. The topological polar surface area (TPSA) is 52.6 Å². The van der Waals surface area contributed by atoms with Crippen molar-refractivity contribution in [3.8, 4) is 11.5 Å². The largest absolute Gasteiger partial charge is 0.494 e. The summed E-state index contributed by atoms with van der Waals surface area (Å²) in [5.74, 6) is 0.617. The third kappa shape index (κ3) is 7.92. The summed E-state index contributed by atoms with van der Waals surface area (Å²) in [6.45, 7) is 2.85. The van der Waals surface area contributed by atoms with Crippen LogP contribution in [0.4, 0.5) is 0 Å². The van der Waals surface area contributed by atoms with Crippen molar-refractivity contribution >= 4 is 29.4 Å². The number of unbranched alkanes of at least 4 members (excludes halogenated alkanes) is 3. The summed E-state index contributed by atoms with van der Waals surface area (Å²) in [5.41, 5.74) is 1.83. The summed E-state index contributed by atoms with van der Waals surface area (Å²) < 4.78 is 11.1. The third-order valence-electron chi connectivity index (χ3n) is 5.00. The maximum atomic E-state index is 12.4. The minimum atomic E-state index is -0.439. The summed E-state index contributed by atoms with van der Waals surface area (Å²) in [6, 6.07) is 20.6. The Morgan fingerprint density at radius 1 is 0.788 bits per heavy atom. The molecule has 0 atom stereocenters. The Morgan fingerprint density at radius 3 is 2.09 bits per heavy atom. The van der Waals surface area contributed by atoms with Crippen LogP contribution in [-0.2, 0) is 0 Å².